The van der Waals surface area contributed by atoms with Crippen LogP contribution < -0.4 is 0 Å². The number of hydrogen-bond acceptors (Lipinski definition) is 4. The highest BCUT2D eigenvalue weighted by molar-refractivity contribution is 7.89. The van der Waals surface area contributed by atoms with Crippen molar-refractivity contribution < 1.29 is 13.2 Å². The van der Waals surface area contributed by atoms with Gasteiger partial charge in [0.05, 0.1) is 0 Å². The molecule has 1 aliphatic heterocycles. The van der Waals surface area contributed by atoms with Crippen molar-refractivity contribution in [1.82, 2.24) is 13.9 Å². The first-order valence-electron chi connectivity index (χ1n) is 6.93. The fourth-order valence-corrected chi connectivity index (χ4v) is 3.93. The molecule has 7 heteroatoms. The summed E-state index contributed by atoms with van der Waals surface area (Å²) in [5, 5.41) is 0.0880. The van der Waals surface area contributed by atoms with E-state index in [0.717, 1.165) is 13.0 Å². The monoisotopic (exact) mass is 299 g/mol. The van der Waals surface area contributed by atoms with Gasteiger partial charge in [0.2, 0.25) is 0 Å². The molecule has 1 fully saturated rings. The van der Waals surface area contributed by atoms with Crippen LogP contribution >= 0.6 is 0 Å². The van der Waals surface area contributed by atoms with Gasteiger partial charge in [-0.3, -0.25) is 4.79 Å². The average Bonchev–Trinajstić information content (AvgIpc) is 2.75. The Morgan fingerprint density at radius 2 is 2.15 bits per heavy atom. The Morgan fingerprint density at radius 1 is 1.45 bits per heavy atom. The molecule has 2 rings (SSSR count). The Morgan fingerprint density at radius 3 is 2.75 bits per heavy atom. The van der Waals surface area contributed by atoms with E-state index in [9.17, 15) is 13.2 Å². The molecule has 0 radical (unpaired) electrons. The normalized spacial score (nSPS) is 21.4. The van der Waals surface area contributed by atoms with Gasteiger partial charge in [0.25, 0.3) is 10.0 Å². The first-order valence-corrected chi connectivity index (χ1v) is 8.37. The Labute approximate surface area is 119 Å². The van der Waals surface area contributed by atoms with E-state index in [1.165, 1.54) is 4.31 Å². The lowest BCUT2D eigenvalue weighted by atomic mass is 10.0. The van der Waals surface area contributed by atoms with Crippen LogP contribution in [0.2, 0.25) is 0 Å². The molecule has 0 aliphatic carbocycles. The highest BCUT2D eigenvalue weighted by Crippen LogP contribution is 2.21. The fourth-order valence-electron chi connectivity index (χ4n) is 2.40. The van der Waals surface area contributed by atoms with Gasteiger partial charge in [-0.1, -0.05) is 13.8 Å². The summed E-state index contributed by atoms with van der Waals surface area (Å²) in [5.74, 6) is 0.591. The third-order valence-electron chi connectivity index (χ3n) is 3.66. The maximum atomic E-state index is 12.5. The molecular weight excluding hydrogens is 278 g/mol. The molecule has 1 aliphatic rings. The second-order valence-electron chi connectivity index (χ2n) is 5.30. The quantitative estimate of drug-likeness (QED) is 0.837. The number of rotatable bonds is 4. The number of imidazole rings is 1. The molecule has 0 bridgehead atoms. The summed E-state index contributed by atoms with van der Waals surface area (Å²) in [6.07, 6.45) is 2.80. The predicted molar refractivity (Wildman–Crippen MR) is 74.8 cm³/mol. The second kappa shape index (κ2) is 5.65. The number of sulfonamides is 1. The third kappa shape index (κ3) is 2.78. The SMILES string of the molecule is CCCn1cc(S(=O)(=O)N2CCC(=O)C(C)C2)nc1C. The van der Waals surface area contributed by atoms with Crippen molar-refractivity contribution in [2.45, 2.75) is 45.2 Å². The van der Waals surface area contributed by atoms with Crippen LogP contribution in [-0.2, 0) is 21.4 Å². The van der Waals surface area contributed by atoms with Gasteiger partial charge in [0.1, 0.15) is 11.6 Å². The largest absolute Gasteiger partial charge is 0.334 e. The van der Waals surface area contributed by atoms with Crippen LogP contribution in [0.15, 0.2) is 11.2 Å². The molecule has 1 aromatic rings. The first kappa shape index (κ1) is 15.2. The molecule has 0 spiro atoms. The molecule has 0 aromatic carbocycles. The number of Topliss-reactive ketones (excluding diaryl/α,β-unsaturated/α-hetero) is 1. The zero-order valence-electron chi connectivity index (χ0n) is 12.2. The van der Waals surface area contributed by atoms with Crippen LogP contribution in [0, 0.1) is 12.8 Å². The fraction of sp³-hybridized carbons (Fsp3) is 0.692. The Kier molecular flexibility index (Phi) is 4.29. The summed E-state index contributed by atoms with van der Waals surface area (Å²) in [4.78, 5) is 15.7. The summed E-state index contributed by atoms with van der Waals surface area (Å²) in [6.45, 7) is 6.86. The Hall–Kier alpha value is -1.21. The molecule has 2 heterocycles. The molecule has 0 N–H and O–H groups in total. The van der Waals surface area contributed by atoms with Crippen LogP contribution in [0.4, 0.5) is 0 Å². The molecule has 1 aromatic heterocycles. The van der Waals surface area contributed by atoms with Crippen molar-refractivity contribution in [2.75, 3.05) is 13.1 Å². The smallest absolute Gasteiger partial charge is 0.262 e. The van der Waals surface area contributed by atoms with Crippen LogP contribution in [0.3, 0.4) is 0 Å². The van der Waals surface area contributed by atoms with E-state index >= 15 is 0 Å². The molecule has 1 atom stereocenters. The average molecular weight is 299 g/mol. The van der Waals surface area contributed by atoms with Crippen molar-refractivity contribution in [1.29, 1.82) is 0 Å². The topological polar surface area (TPSA) is 72.3 Å². The molecule has 1 saturated heterocycles. The van der Waals surface area contributed by atoms with Gasteiger partial charge in [-0.15, -0.1) is 0 Å². The van der Waals surface area contributed by atoms with Gasteiger partial charge in [0.15, 0.2) is 5.03 Å². The number of piperidine rings is 1. The van der Waals surface area contributed by atoms with E-state index in [0.29, 0.717) is 5.82 Å². The van der Waals surface area contributed by atoms with E-state index in [4.69, 9.17) is 0 Å². The standard InChI is InChI=1S/C13H21N3O3S/c1-4-6-15-9-13(14-11(15)3)20(18,19)16-7-5-12(17)10(2)8-16/h9-10H,4-8H2,1-3H3. The van der Waals surface area contributed by atoms with Gasteiger partial charge < -0.3 is 4.57 Å². The molecular formula is C13H21N3O3S. The van der Waals surface area contributed by atoms with Gasteiger partial charge in [0, 0.05) is 38.2 Å². The van der Waals surface area contributed by atoms with E-state index in [1.807, 2.05) is 11.5 Å². The number of aromatic nitrogens is 2. The Bertz CT molecular complexity index is 606. The summed E-state index contributed by atoms with van der Waals surface area (Å²) >= 11 is 0. The molecule has 1 unspecified atom stereocenters. The number of nitrogens with zero attached hydrogens (tertiary/aromatic N) is 3. The highest BCUT2D eigenvalue weighted by Gasteiger charge is 2.33. The second-order valence-corrected chi connectivity index (χ2v) is 7.18. The summed E-state index contributed by atoms with van der Waals surface area (Å²) in [7, 11) is -3.59. The molecule has 0 saturated carbocycles. The highest BCUT2D eigenvalue weighted by atomic mass is 32.2. The zero-order chi connectivity index (χ0) is 14.9. The van der Waals surface area contributed by atoms with Crippen LogP contribution in [0.25, 0.3) is 0 Å². The molecule has 112 valence electrons. The number of carbonyl (C=O) groups excluding carboxylic acids is 1. The minimum atomic E-state index is -3.59. The first-order chi connectivity index (χ1) is 9.36. The van der Waals surface area contributed by atoms with Crippen molar-refractivity contribution >= 4 is 15.8 Å². The van der Waals surface area contributed by atoms with E-state index in [-0.39, 0.29) is 36.2 Å². The van der Waals surface area contributed by atoms with E-state index < -0.39 is 10.0 Å². The Balaban J connectivity index is 2.26. The van der Waals surface area contributed by atoms with E-state index in [1.54, 1.807) is 20.0 Å². The van der Waals surface area contributed by atoms with Gasteiger partial charge in [-0.2, -0.15) is 4.31 Å². The summed E-state index contributed by atoms with van der Waals surface area (Å²) in [5.41, 5.74) is 0. The zero-order valence-corrected chi connectivity index (χ0v) is 13.0. The predicted octanol–water partition coefficient (Wildman–Crippen LogP) is 1.20. The summed E-state index contributed by atoms with van der Waals surface area (Å²) < 4.78 is 28.3. The third-order valence-corrected chi connectivity index (χ3v) is 5.39. The molecule has 0 amide bonds. The van der Waals surface area contributed by atoms with Crippen LogP contribution in [0.5, 0.6) is 0 Å². The number of aryl methyl sites for hydroxylation is 2. The maximum absolute atomic E-state index is 12.5. The van der Waals surface area contributed by atoms with Crippen molar-refractivity contribution in [3.8, 4) is 0 Å². The van der Waals surface area contributed by atoms with E-state index in [2.05, 4.69) is 4.98 Å². The minimum Gasteiger partial charge on any atom is -0.334 e. The minimum absolute atomic E-state index is 0.0880. The lowest BCUT2D eigenvalue weighted by molar-refractivity contribution is -0.124. The lowest BCUT2D eigenvalue weighted by Crippen LogP contribution is -2.43. The number of hydrogen-bond donors (Lipinski definition) is 0. The van der Waals surface area contributed by atoms with Crippen molar-refractivity contribution in [2.24, 2.45) is 5.92 Å². The van der Waals surface area contributed by atoms with Crippen LogP contribution in [-0.4, -0.2) is 41.1 Å². The van der Waals surface area contributed by atoms with Crippen molar-refractivity contribution in [3.63, 3.8) is 0 Å². The van der Waals surface area contributed by atoms with Gasteiger partial charge in [-0.25, -0.2) is 13.4 Å². The van der Waals surface area contributed by atoms with Crippen molar-refractivity contribution in [3.05, 3.63) is 12.0 Å². The lowest BCUT2D eigenvalue weighted by Gasteiger charge is -2.28. The van der Waals surface area contributed by atoms with Gasteiger partial charge in [-0.05, 0) is 13.3 Å². The summed E-state index contributed by atoms with van der Waals surface area (Å²) in [6, 6.07) is 0. The van der Waals surface area contributed by atoms with Crippen LogP contribution in [0.1, 0.15) is 32.5 Å². The number of carbonyl (C=O) groups is 1. The molecule has 6 nitrogen and oxygen atoms in total. The maximum Gasteiger partial charge on any atom is 0.262 e. The number of ketones is 1. The molecule has 20 heavy (non-hydrogen) atoms. The van der Waals surface area contributed by atoms with Gasteiger partial charge >= 0.3 is 0 Å².